The van der Waals surface area contributed by atoms with Crippen LogP contribution in [0.25, 0.3) is 15.3 Å². The molecular formula is C20H22N6OS. The topological polar surface area (TPSA) is 77.6 Å². The molecule has 3 aromatic heterocycles. The molecule has 8 heteroatoms. The van der Waals surface area contributed by atoms with E-state index in [1.54, 1.807) is 26.8 Å². The molecule has 7 nitrogen and oxygen atoms in total. The molecule has 4 rings (SSSR count). The number of hydrogen-bond acceptors (Lipinski definition) is 5. The third-order valence-electron chi connectivity index (χ3n) is 4.59. The zero-order valence-corrected chi connectivity index (χ0v) is 17.4. The predicted molar refractivity (Wildman–Crippen MR) is 112 cm³/mol. The molecule has 0 saturated carbocycles. The van der Waals surface area contributed by atoms with E-state index in [0.29, 0.717) is 11.5 Å². The third-order valence-corrected chi connectivity index (χ3v) is 5.56. The number of rotatable bonds is 4. The van der Waals surface area contributed by atoms with Crippen LogP contribution in [0.4, 0.5) is 5.82 Å². The summed E-state index contributed by atoms with van der Waals surface area (Å²) in [5.41, 5.74) is 5.45. The summed E-state index contributed by atoms with van der Waals surface area (Å²) in [6.45, 7) is 10.7. The SMILES string of the molecule is CCn1nc(C(=O)Nc2cc(C)nn2-c2nc3c(C)cc(C)cc3s2)cc1C. The van der Waals surface area contributed by atoms with E-state index >= 15 is 0 Å². The highest BCUT2D eigenvalue weighted by Crippen LogP contribution is 2.30. The molecule has 1 amide bonds. The van der Waals surface area contributed by atoms with Crippen molar-refractivity contribution in [2.24, 2.45) is 0 Å². The molecule has 1 N–H and O–H groups in total. The molecule has 0 radical (unpaired) electrons. The van der Waals surface area contributed by atoms with Crippen molar-refractivity contribution < 1.29 is 4.79 Å². The minimum atomic E-state index is -0.260. The monoisotopic (exact) mass is 394 g/mol. The number of aromatic nitrogens is 5. The van der Waals surface area contributed by atoms with Crippen molar-refractivity contribution in [3.8, 4) is 5.13 Å². The maximum atomic E-state index is 12.7. The largest absolute Gasteiger partial charge is 0.305 e. The highest BCUT2D eigenvalue weighted by Gasteiger charge is 2.18. The molecule has 4 aromatic rings. The van der Waals surface area contributed by atoms with Gasteiger partial charge in [0.15, 0.2) is 5.69 Å². The first-order valence-electron chi connectivity index (χ1n) is 9.16. The zero-order valence-electron chi connectivity index (χ0n) is 16.6. The minimum Gasteiger partial charge on any atom is -0.305 e. The van der Waals surface area contributed by atoms with E-state index in [4.69, 9.17) is 4.98 Å². The number of hydrogen-bond donors (Lipinski definition) is 1. The zero-order chi connectivity index (χ0) is 20.0. The molecule has 28 heavy (non-hydrogen) atoms. The lowest BCUT2D eigenvalue weighted by atomic mass is 10.1. The Morgan fingerprint density at radius 1 is 1.11 bits per heavy atom. The normalized spacial score (nSPS) is 11.3. The van der Waals surface area contributed by atoms with E-state index in [0.717, 1.165) is 38.8 Å². The molecular weight excluding hydrogens is 372 g/mol. The van der Waals surface area contributed by atoms with Gasteiger partial charge >= 0.3 is 0 Å². The number of nitrogens with zero attached hydrogens (tertiary/aromatic N) is 5. The van der Waals surface area contributed by atoms with Gasteiger partial charge in [0.25, 0.3) is 5.91 Å². The van der Waals surface area contributed by atoms with Crippen LogP contribution in [0.15, 0.2) is 24.3 Å². The lowest BCUT2D eigenvalue weighted by molar-refractivity contribution is 0.102. The Balaban J connectivity index is 1.71. The molecule has 144 valence electrons. The van der Waals surface area contributed by atoms with Crippen LogP contribution in [-0.2, 0) is 6.54 Å². The van der Waals surface area contributed by atoms with Gasteiger partial charge in [-0.1, -0.05) is 17.4 Å². The van der Waals surface area contributed by atoms with Crippen molar-refractivity contribution in [1.29, 1.82) is 0 Å². The Labute approximate surface area is 167 Å². The van der Waals surface area contributed by atoms with E-state index in [-0.39, 0.29) is 5.91 Å². The van der Waals surface area contributed by atoms with Gasteiger partial charge < -0.3 is 5.32 Å². The van der Waals surface area contributed by atoms with Gasteiger partial charge in [0.05, 0.1) is 15.9 Å². The Morgan fingerprint density at radius 2 is 1.89 bits per heavy atom. The molecule has 0 aliphatic heterocycles. The van der Waals surface area contributed by atoms with Crippen molar-refractivity contribution in [3.05, 3.63) is 52.5 Å². The summed E-state index contributed by atoms with van der Waals surface area (Å²) >= 11 is 1.56. The first kappa shape index (κ1) is 18.4. The fourth-order valence-corrected chi connectivity index (χ4v) is 4.41. The lowest BCUT2D eigenvalue weighted by Crippen LogP contribution is -2.16. The number of benzene rings is 1. The predicted octanol–water partition coefficient (Wildman–Crippen LogP) is 4.18. The summed E-state index contributed by atoms with van der Waals surface area (Å²) in [4.78, 5) is 17.5. The number of carbonyl (C=O) groups excluding carboxylic acids is 1. The molecule has 0 atom stereocenters. The highest BCUT2D eigenvalue weighted by molar-refractivity contribution is 7.20. The second-order valence-electron chi connectivity index (χ2n) is 6.95. The van der Waals surface area contributed by atoms with Crippen LogP contribution in [-0.4, -0.2) is 30.5 Å². The highest BCUT2D eigenvalue weighted by atomic mass is 32.1. The van der Waals surface area contributed by atoms with E-state index < -0.39 is 0 Å². The van der Waals surface area contributed by atoms with Crippen LogP contribution < -0.4 is 5.32 Å². The molecule has 0 saturated heterocycles. The quantitative estimate of drug-likeness (QED) is 0.563. The second kappa shape index (κ2) is 6.87. The van der Waals surface area contributed by atoms with Crippen molar-refractivity contribution in [1.82, 2.24) is 24.5 Å². The van der Waals surface area contributed by atoms with E-state index in [1.165, 1.54) is 5.56 Å². The number of aryl methyl sites for hydroxylation is 5. The van der Waals surface area contributed by atoms with Gasteiger partial charge in [-0.15, -0.1) is 0 Å². The summed E-state index contributed by atoms with van der Waals surface area (Å²) in [7, 11) is 0. The molecule has 1 aromatic carbocycles. The maximum Gasteiger partial charge on any atom is 0.277 e. The smallest absolute Gasteiger partial charge is 0.277 e. The van der Waals surface area contributed by atoms with Crippen LogP contribution in [0.5, 0.6) is 0 Å². The molecule has 0 bridgehead atoms. The van der Waals surface area contributed by atoms with Gasteiger partial charge in [0.1, 0.15) is 5.82 Å². The number of carbonyl (C=O) groups is 1. The fourth-order valence-electron chi connectivity index (χ4n) is 3.31. The first-order chi connectivity index (χ1) is 13.4. The molecule has 3 heterocycles. The Hall–Kier alpha value is -3.00. The molecule has 0 aliphatic rings. The third kappa shape index (κ3) is 3.20. The van der Waals surface area contributed by atoms with Gasteiger partial charge in [-0.05, 0) is 57.9 Å². The molecule has 0 spiro atoms. The maximum absolute atomic E-state index is 12.7. The Kier molecular flexibility index (Phi) is 4.50. The Morgan fingerprint density at radius 3 is 2.61 bits per heavy atom. The van der Waals surface area contributed by atoms with Crippen LogP contribution in [0.1, 0.15) is 39.9 Å². The fraction of sp³-hybridized carbons (Fsp3) is 0.300. The van der Waals surface area contributed by atoms with Gasteiger partial charge in [-0.25, -0.2) is 4.98 Å². The van der Waals surface area contributed by atoms with Crippen molar-refractivity contribution in [3.63, 3.8) is 0 Å². The van der Waals surface area contributed by atoms with Gasteiger partial charge in [-0.3, -0.25) is 9.48 Å². The average molecular weight is 395 g/mol. The van der Waals surface area contributed by atoms with Crippen molar-refractivity contribution >= 4 is 33.3 Å². The average Bonchev–Trinajstić information content (AvgIpc) is 3.31. The number of fused-ring (bicyclic) bond motifs is 1. The molecule has 0 unspecified atom stereocenters. The van der Waals surface area contributed by atoms with Crippen LogP contribution >= 0.6 is 11.3 Å². The van der Waals surface area contributed by atoms with Crippen LogP contribution in [0, 0.1) is 27.7 Å². The van der Waals surface area contributed by atoms with E-state index in [9.17, 15) is 4.79 Å². The lowest BCUT2D eigenvalue weighted by Gasteiger charge is -2.04. The van der Waals surface area contributed by atoms with Crippen molar-refractivity contribution in [2.45, 2.75) is 41.2 Å². The first-order valence-corrected chi connectivity index (χ1v) is 9.98. The van der Waals surface area contributed by atoms with Gasteiger partial charge in [0, 0.05) is 18.3 Å². The van der Waals surface area contributed by atoms with Crippen LogP contribution in [0.2, 0.25) is 0 Å². The minimum absolute atomic E-state index is 0.260. The summed E-state index contributed by atoms with van der Waals surface area (Å²) < 4.78 is 4.60. The molecule has 0 fully saturated rings. The van der Waals surface area contributed by atoms with Crippen molar-refractivity contribution in [2.75, 3.05) is 5.32 Å². The van der Waals surface area contributed by atoms with E-state index in [2.05, 4.69) is 41.5 Å². The van der Waals surface area contributed by atoms with Gasteiger partial charge in [-0.2, -0.15) is 14.9 Å². The van der Waals surface area contributed by atoms with Gasteiger partial charge in [0.2, 0.25) is 5.13 Å². The summed E-state index contributed by atoms with van der Waals surface area (Å²) in [5.74, 6) is 0.323. The second-order valence-corrected chi connectivity index (χ2v) is 7.96. The molecule has 0 aliphatic carbocycles. The van der Waals surface area contributed by atoms with E-state index in [1.807, 2.05) is 26.8 Å². The number of amides is 1. The Bertz CT molecular complexity index is 1200. The number of anilines is 1. The summed E-state index contributed by atoms with van der Waals surface area (Å²) in [5, 5.41) is 12.5. The number of nitrogens with one attached hydrogen (secondary N) is 1. The van der Waals surface area contributed by atoms with Crippen LogP contribution in [0.3, 0.4) is 0 Å². The summed E-state index contributed by atoms with van der Waals surface area (Å²) in [6, 6.07) is 7.87. The number of thiazole rings is 1. The standard InChI is InChI=1S/C20H22N6OS/c1-6-25-14(5)10-15(24-25)19(27)21-17-9-13(4)23-26(17)20-22-18-12(3)7-11(2)8-16(18)28-20/h7-10H,6H2,1-5H3,(H,21,27). The summed E-state index contributed by atoms with van der Waals surface area (Å²) in [6.07, 6.45) is 0.